The van der Waals surface area contributed by atoms with E-state index in [1.165, 1.54) is 5.56 Å². The molecule has 33 heavy (non-hydrogen) atoms. The normalized spacial score (nSPS) is 17.3. The molecule has 0 aliphatic carbocycles. The quantitative estimate of drug-likeness (QED) is 0.570. The van der Waals surface area contributed by atoms with Crippen LogP contribution in [-0.4, -0.2) is 69.3 Å². The van der Waals surface area contributed by atoms with Crippen LogP contribution in [0.5, 0.6) is 11.5 Å². The lowest BCUT2D eigenvalue weighted by atomic mass is 10.2. The number of fused-ring (bicyclic) bond motifs is 2. The largest absolute Gasteiger partial charge is 0.454 e. The minimum atomic E-state index is -3.60. The van der Waals surface area contributed by atoms with Gasteiger partial charge in [-0.1, -0.05) is 12.1 Å². The van der Waals surface area contributed by atoms with Gasteiger partial charge in [0.2, 0.25) is 16.8 Å². The van der Waals surface area contributed by atoms with Crippen molar-refractivity contribution in [2.24, 2.45) is 0 Å². The van der Waals surface area contributed by atoms with Gasteiger partial charge in [0.05, 0.1) is 10.4 Å². The van der Waals surface area contributed by atoms with Crippen molar-refractivity contribution >= 4 is 20.9 Å². The van der Waals surface area contributed by atoms with Gasteiger partial charge in [0.1, 0.15) is 0 Å². The van der Waals surface area contributed by atoms with E-state index in [2.05, 4.69) is 31.6 Å². The maximum absolute atomic E-state index is 12.9. The molecular weight excluding hydrogens is 440 g/mol. The van der Waals surface area contributed by atoms with Crippen LogP contribution < -0.4 is 14.2 Å². The zero-order valence-electron chi connectivity index (χ0n) is 18.4. The Morgan fingerprint density at radius 3 is 2.73 bits per heavy atom. The minimum Gasteiger partial charge on any atom is -0.454 e. The summed E-state index contributed by atoms with van der Waals surface area (Å²) in [6, 6.07) is 14.9. The molecule has 0 bridgehead atoms. The van der Waals surface area contributed by atoms with Crippen LogP contribution >= 0.6 is 0 Å². The zero-order valence-corrected chi connectivity index (χ0v) is 19.3. The molecule has 1 aromatic heterocycles. The van der Waals surface area contributed by atoms with Crippen LogP contribution in [-0.2, 0) is 16.6 Å². The molecular formula is C24H28N4O4S. The number of nitrogens with zero attached hydrogens (tertiary/aromatic N) is 3. The van der Waals surface area contributed by atoms with Gasteiger partial charge in [-0.3, -0.25) is 9.88 Å². The Labute approximate surface area is 194 Å². The molecule has 8 nitrogen and oxygen atoms in total. The summed E-state index contributed by atoms with van der Waals surface area (Å²) in [5.41, 5.74) is 1.89. The van der Waals surface area contributed by atoms with Crippen LogP contribution in [0.15, 0.2) is 59.6 Å². The fourth-order valence-electron chi connectivity index (χ4n) is 4.43. The first-order chi connectivity index (χ1) is 16.1. The molecule has 5 rings (SSSR count). The second-order valence-corrected chi connectivity index (χ2v) is 10.1. The van der Waals surface area contributed by atoms with Gasteiger partial charge in [0.25, 0.3) is 0 Å². The first kappa shape index (κ1) is 22.1. The molecule has 2 aliphatic heterocycles. The molecule has 2 aliphatic rings. The summed E-state index contributed by atoms with van der Waals surface area (Å²) in [6.07, 6.45) is 2.72. The molecule has 0 saturated carbocycles. The Morgan fingerprint density at radius 1 is 0.939 bits per heavy atom. The van der Waals surface area contributed by atoms with Gasteiger partial charge in [0, 0.05) is 44.3 Å². The van der Waals surface area contributed by atoms with E-state index in [1.54, 1.807) is 30.5 Å². The van der Waals surface area contributed by atoms with E-state index in [-0.39, 0.29) is 4.90 Å². The highest BCUT2D eigenvalue weighted by Gasteiger charge is 2.20. The topological polar surface area (TPSA) is 84.0 Å². The zero-order chi connectivity index (χ0) is 22.7. The van der Waals surface area contributed by atoms with Crippen LogP contribution in [0.4, 0.5) is 0 Å². The second-order valence-electron chi connectivity index (χ2n) is 8.38. The standard InChI is InChI=1S/C24H28N4O4S/c29-33(30,24-6-1-5-21-20(24)4-2-9-25-21)26-10-13-27-11-3-12-28(15-14-27)17-19-7-8-22-23(16-19)32-18-31-22/h1-2,4-9,16,26H,3,10-15,17-18H2. The van der Waals surface area contributed by atoms with Crippen LogP contribution in [0.3, 0.4) is 0 Å². The molecule has 0 radical (unpaired) electrons. The van der Waals surface area contributed by atoms with Crippen molar-refractivity contribution in [1.82, 2.24) is 19.5 Å². The van der Waals surface area contributed by atoms with Crippen LogP contribution in [0.25, 0.3) is 10.9 Å². The SMILES string of the molecule is O=S(=O)(NCCN1CCCN(Cc2ccc3c(c2)OCO3)CC1)c1cccc2ncccc12. The van der Waals surface area contributed by atoms with Gasteiger partial charge in [-0.25, -0.2) is 13.1 Å². The number of hydrogen-bond acceptors (Lipinski definition) is 7. The molecule has 0 amide bonds. The van der Waals surface area contributed by atoms with E-state index in [4.69, 9.17) is 9.47 Å². The highest BCUT2D eigenvalue weighted by atomic mass is 32.2. The van der Waals surface area contributed by atoms with E-state index < -0.39 is 10.0 Å². The number of ether oxygens (including phenoxy) is 2. The Kier molecular flexibility index (Phi) is 6.45. The predicted molar refractivity (Wildman–Crippen MR) is 126 cm³/mol. The highest BCUT2D eigenvalue weighted by Crippen LogP contribution is 2.32. The fourth-order valence-corrected chi connectivity index (χ4v) is 5.66. The summed E-state index contributed by atoms with van der Waals surface area (Å²) < 4.78 is 39.5. The molecule has 1 saturated heterocycles. The Morgan fingerprint density at radius 2 is 1.79 bits per heavy atom. The lowest BCUT2D eigenvalue weighted by molar-refractivity contribution is 0.174. The molecule has 3 aromatic rings. The number of rotatable bonds is 7. The van der Waals surface area contributed by atoms with Crippen molar-refractivity contribution < 1.29 is 17.9 Å². The Hall–Kier alpha value is -2.72. The molecule has 2 aromatic carbocycles. The summed E-state index contributed by atoms with van der Waals surface area (Å²) in [5, 5.41) is 0.640. The first-order valence-corrected chi connectivity index (χ1v) is 12.7. The van der Waals surface area contributed by atoms with Crippen molar-refractivity contribution in [2.75, 3.05) is 46.1 Å². The second kappa shape index (κ2) is 9.64. The molecule has 0 spiro atoms. The number of benzene rings is 2. The summed E-state index contributed by atoms with van der Waals surface area (Å²) >= 11 is 0. The third-order valence-electron chi connectivity index (χ3n) is 6.14. The van der Waals surface area contributed by atoms with E-state index in [9.17, 15) is 8.42 Å². The molecule has 3 heterocycles. The van der Waals surface area contributed by atoms with Gasteiger partial charge >= 0.3 is 0 Å². The monoisotopic (exact) mass is 468 g/mol. The predicted octanol–water partition coefficient (Wildman–Crippen LogP) is 2.45. The minimum absolute atomic E-state index is 0.277. The number of hydrogen-bond donors (Lipinski definition) is 1. The summed E-state index contributed by atoms with van der Waals surface area (Å²) in [4.78, 5) is 9.29. The van der Waals surface area contributed by atoms with E-state index in [0.717, 1.165) is 50.6 Å². The molecule has 1 fully saturated rings. The van der Waals surface area contributed by atoms with Gasteiger partial charge < -0.3 is 14.4 Å². The maximum Gasteiger partial charge on any atom is 0.241 e. The van der Waals surface area contributed by atoms with Crippen molar-refractivity contribution in [3.8, 4) is 11.5 Å². The number of aromatic nitrogens is 1. The van der Waals surface area contributed by atoms with Crippen molar-refractivity contribution in [3.63, 3.8) is 0 Å². The molecule has 1 N–H and O–H groups in total. The third-order valence-corrected chi connectivity index (χ3v) is 7.66. The van der Waals surface area contributed by atoms with Gasteiger partial charge in [-0.2, -0.15) is 0 Å². The Bertz CT molecular complexity index is 1230. The Balaban J connectivity index is 1.13. The van der Waals surface area contributed by atoms with E-state index >= 15 is 0 Å². The van der Waals surface area contributed by atoms with E-state index in [1.807, 2.05) is 12.1 Å². The van der Waals surface area contributed by atoms with Crippen LogP contribution in [0, 0.1) is 0 Å². The van der Waals surface area contributed by atoms with Crippen LogP contribution in [0.1, 0.15) is 12.0 Å². The molecule has 174 valence electrons. The smallest absolute Gasteiger partial charge is 0.241 e. The maximum atomic E-state index is 12.9. The fraction of sp³-hybridized carbons (Fsp3) is 0.375. The highest BCUT2D eigenvalue weighted by molar-refractivity contribution is 7.89. The molecule has 0 unspecified atom stereocenters. The van der Waals surface area contributed by atoms with Crippen molar-refractivity contribution in [1.29, 1.82) is 0 Å². The van der Waals surface area contributed by atoms with Crippen molar-refractivity contribution in [2.45, 2.75) is 17.9 Å². The molecule has 0 atom stereocenters. The number of pyridine rings is 1. The van der Waals surface area contributed by atoms with Gasteiger partial charge in [0.15, 0.2) is 11.5 Å². The summed E-state index contributed by atoms with van der Waals surface area (Å²) in [7, 11) is -3.60. The van der Waals surface area contributed by atoms with Gasteiger partial charge in [-0.05, 0) is 61.5 Å². The number of nitrogens with one attached hydrogen (secondary N) is 1. The summed E-state index contributed by atoms with van der Waals surface area (Å²) in [6.45, 7) is 6.03. The average molecular weight is 469 g/mol. The van der Waals surface area contributed by atoms with Gasteiger partial charge in [-0.15, -0.1) is 0 Å². The third kappa shape index (κ3) is 5.11. The lowest BCUT2D eigenvalue weighted by Crippen LogP contribution is -2.37. The van der Waals surface area contributed by atoms with Crippen LogP contribution in [0.2, 0.25) is 0 Å². The molecule has 9 heteroatoms. The average Bonchev–Trinajstić information content (AvgIpc) is 3.18. The van der Waals surface area contributed by atoms with Crippen molar-refractivity contribution in [3.05, 3.63) is 60.3 Å². The number of sulfonamides is 1. The van der Waals surface area contributed by atoms with E-state index in [0.29, 0.717) is 30.8 Å². The lowest BCUT2D eigenvalue weighted by Gasteiger charge is -2.22. The summed E-state index contributed by atoms with van der Waals surface area (Å²) in [5.74, 6) is 1.63. The first-order valence-electron chi connectivity index (χ1n) is 11.3.